The quantitative estimate of drug-likeness (QED) is 0.819. The zero-order valence-electron chi connectivity index (χ0n) is 10.3. The van der Waals surface area contributed by atoms with Crippen LogP contribution in [0.25, 0.3) is 0 Å². The highest BCUT2D eigenvalue weighted by Crippen LogP contribution is 2.13. The van der Waals surface area contributed by atoms with Crippen LogP contribution in [-0.4, -0.2) is 12.5 Å². The Hall–Kier alpha value is -1.56. The minimum absolute atomic E-state index is 0.0436. The molecule has 0 aromatic heterocycles. The van der Waals surface area contributed by atoms with Gasteiger partial charge in [0.2, 0.25) is 5.91 Å². The smallest absolute Gasteiger partial charge is 0.227 e. The first-order valence-electron chi connectivity index (χ1n) is 5.97. The normalized spacial score (nSPS) is 9.95. The topological polar surface area (TPSA) is 38.3 Å². The summed E-state index contributed by atoms with van der Waals surface area (Å²) in [5.74, 6) is 0.738. The molecule has 0 fully saturated rings. The van der Waals surface area contributed by atoms with E-state index in [9.17, 15) is 4.79 Å². The van der Waals surface area contributed by atoms with E-state index in [1.54, 1.807) is 0 Å². The van der Waals surface area contributed by atoms with Gasteiger partial charge in [0.25, 0.3) is 0 Å². The first kappa shape index (κ1) is 13.9. The molecule has 0 spiro atoms. The Morgan fingerprint density at radius 1 is 1.11 bits per heavy atom. The molecule has 2 aromatic rings. The number of halogens is 1. The molecule has 0 aliphatic rings. The summed E-state index contributed by atoms with van der Waals surface area (Å²) in [4.78, 5) is 11.7. The predicted molar refractivity (Wildman–Crippen MR) is 84.3 cm³/mol. The van der Waals surface area contributed by atoms with Gasteiger partial charge in [-0.15, -0.1) is 0 Å². The molecule has 2 aromatic carbocycles. The number of hydrogen-bond acceptors (Lipinski definition) is 2. The number of nitrogens with one attached hydrogen (secondary N) is 1. The molecule has 0 aliphatic heterocycles. The minimum atomic E-state index is -0.0436. The summed E-state index contributed by atoms with van der Waals surface area (Å²) in [5, 5.41) is 2.85. The molecule has 3 nitrogen and oxygen atoms in total. The molecule has 0 saturated carbocycles. The SMILES string of the molecule is O=C(CCOc1ccccc1)Nc1cccc(I)c1. The van der Waals surface area contributed by atoms with Gasteiger partial charge in [-0.05, 0) is 52.9 Å². The summed E-state index contributed by atoms with van der Waals surface area (Å²) in [6.45, 7) is 0.375. The summed E-state index contributed by atoms with van der Waals surface area (Å²) < 4.78 is 6.57. The van der Waals surface area contributed by atoms with E-state index < -0.39 is 0 Å². The fourth-order valence-electron chi connectivity index (χ4n) is 1.57. The Labute approximate surface area is 126 Å². The molecule has 1 N–H and O–H groups in total. The highest BCUT2D eigenvalue weighted by atomic mass is 127. The van der Waals surface area contributed by atoms with Crippen LogP contribution < -0.4 is 10.1 Å². The van der Waals surface area contributed by atoms with E-state index in [1.807, 2.05) is 54.6 Å². The van der Waals surface area contributed by atoms with E-state index in [0.29, 0.717) is 13.0 Å². The van der Waals surface area contributed by atoms with Crippen LogP contribution in [0.2, 0.25) is 0 Å². The summed E-state index contributed by atoms with van der Waals surface area (Å²) in [6, 6.07) is 17.2. The van der Waals surface area contributed by atoms with Gasteiger partial charge in [-0.1, -0.05) is 24.3 Å². The van der Waals surface area contributed by atoms with Gasteiger partial charge in [0, 0.05) is 9.26 Å². The van der Waals surface area contributed by atoms with Crippen LogP contribution in [0.15, 0.2) is 54.6 Å². The Bertz CT molecular complexity index is 543. The zero-order chi connectivity index (χ0) is 13.5. The zero-order valence-corrected chi connectivity index (χ0v) is 12.5. The van der Waals surface area contributed by atoms with E-state index in [0.717, 1.165) is 15.0 Å². The maximum atomic E-state index is 11.7. The molecular weight excluding hydrogens is 353 g/mol. The van der Waals surface area contributed by atoms with Gasteiger partial charge in [-0.25, -0.2) is 0 Å². The van der Waals surface area contributed by atoms with Crippen LogP contribution in [0.4, 0.5) is 5.69 Å². The predicted octanol–water partition coefficient (Wildman–Crippen LogP) is 3.70. The van der Waals surface area contributed by atoms with Gasteiger partial charge < -0.3 is 10.1 Å². The molecule has 0 atom stereocenters. The van der Waals surface area contributed by atoms with Crippen LogP contribution in [0.1, 0.15) is 6.42 Å². The van der Waals surface area contributed by atoms with E-state index in [2.05, 4.69) is 27.9 Å². The minimum Gasteiger partial charge on any atom is -0.493 e. The van der Waals surface area contributed by atoms with Crippen LogP contribution >= 0.6 is 22.6 Å². The molecule has 0 saturated heterocycles. The second-order valence-electron chi connectivity index (χ2n) is 3.97. The third-order valence-corrected chi connectivity index (χ3v) is 3.12. The molecule has 4 heteroatoms. The number of hydrogen-bond donors (Lipinski definition) is 1. The second-order valence-corrected chi connectivity index (χ2v) is 5.22. The Morgan fingerprint density at radius 3 is 2.63 bits per heavy atom. The number of carbonyl (C=O) groups excluding carboxylic acids is 1. The van der Waals surface area contributed by atoms with Crippen molar-refractivity contribution in [1.29, 1.82) is 0 Å². The number of carbonyl (C=O) groups is 1. The van der Waals surface area contributed by atoms with Crippen LogP contribution in [-0.2, 0) is 4.79 Å². The van der Waals surface area contributed by atoms with Crippen molar-refractivity contribution < 1.29 is 9.53 Å². The lowest BCUT2D eigenvalue weighted by molar-refractivity contribution is -0.116. The lowest BCUT2D eigenvalue weighted by Crippen LogP contribution is -2.15. The molecule has 0 aliphatic carbocycles. The maximum Gasteiger partial charge on any atom is 0.227 e. The van der Waals surface area contributed by atoms with E-state index in [4.69, 9.17) is 4.74 Å². The van der Waals surface area contributed by atoms with E-state index in [-0.39, 0.29) is 5.91 Å². The summed E-state index contributed by atoms with van der Waals surface area (Å²) in [6.07, 6.45) is 0.334. The molecule has 0 unspecified atom stereocenters. The lowest BCUT2D eigenvalue weighted by Gasteiger charge is -2.07. The number of benzene rings is 2. The van der Waals surface area contributed by atoms with Gasteiger partial charge in [0.15, 0.2) is 0 Å². The first-order chi connectivity index (χ1) is 9.24. The lowest BCUT2D eigenvalue weighted by atomic mass is 10.3. The van der Waals surface area contributed by atoms with Crippen molar-refractivity contribution in [3.8, 4) is 5.75 Å². The Balaban J connectivity index is 1.76. The third-order valence-electron chi connectivity index (χ3n) is 2.45. The maximum absolute atomic E-state index is 11.7. The highest BCUT2D eigenvalue weighted by Gasteiger charge is 2.03. The summed E-state index contributed by atoms with van der Waals surface area (Å²) >= 11 is 2.21. The molecule has 0 bridgehead atoms. The average Bonchev–Trinajstić information content (AvgIpc) is 2.40. The van der Waals surface area contributed by atoms with Crippen molar-refractivity contribution in [2.45, 2.75) is 6.42 Å². The van der Waals surface area contributed by atoms with Crippen molar-refractivity contribution in [2.24, 2.45) is 0 Å². The number of amides is 1. The standard InChI is InChI=1S/C15H14INO2/c16-12-5-4-6-13(11-12)17-15(18)9-10-19-14-7-2-1-3-8-14/h1-8,11H,9-10H2,(H,17,18). The number of para-hydroxylation sites is 1. The second kappa shape index (κ2) is 7.13. The van der Waals surface area contributed by atoms with Crippen LogP contribution in [0, 0.1) is 3.57 Å². The fraction of sp³-hybridized carbons (Fsp3) is 0.133. The number of ether oxygens (including phenoxy) is 1. The molecule has 0 heterocycles. The Morgan fingerprint density at radius 2 is 1.89 bits per heavy atom. The third kappa shape index (κ3) is 4.90. The van der Waals surface area contributed by atoms with Crippen molar-refractivity contribution in [2.75, 3.05) is 11.9 Å². The van der Waals surface area contributed by atoms with Gasteiger partial charge in [-0.2, -0.15) is 0 Å². The van der Waals surface area contributed by atoms with Gasteiger partial charge in [0.05, 0.1) is 13.0 Å². The summed E-state index contributed by atoms with van der Waals surface area (Å²) in [5.41, 5.74) is 0.816. The fourth-order valence-corrected chi connectivity index (χ4v) is 2.11. The van der Waals surface area contributed by atoms with Crippen molar-refractivity contribution in [1.82, 2.24) is 0 Å². The monoisotopic (exact) mass is 367 g/mol. The van der Waals surface area contributed by atoms with E-state index in [1.165, 1.54) is 0 Å². The molecular formula is C15H14INO2. The van der Waals surface area contributed by atoms with Crippen molar-refractivity contribution >= 4 is 34.2 Å². The van der Waals surface area contributed by atoms with Crippen molar-refractivity contribution in [3.05, 3.63) is 58.2 Å². The molecule has 1 amide bonds. The number of rotatable bonds is 5. The van der Waals surface area contributed by atoms with Gasteiger partial charge >= 0.3 is 0 Å². The Kier molecular flexibility index (Phi) is 5.20. The molecule has 0 radical (unpaired) electrons. The first-order valence-corrected chi connectivity index (χ1v) is 7.05. The average molecular weight is 367 g/mol. The highest BCUT2D eigenvalue weighted by molar-refractivity contribution is 14.1. The largest absolute Gasteiger partial charge is 0.493 e. The van der Waals surface area contributed by atoms with E-state index >= 15 is 0 Å². The molecule has 2 rings (SSSR count). The molecule has 19 heavy (non-hydrogen) atoms. The van der Waals surface area contributed by atoms with Crippen molar-refractivity contribution in [3.63, 3.8) is 0 Å². The van der Waals surface area contributed by atoms with Crippen LogP contribution in [0.5, 0.6) is 5.75 Å². The van der Waals surface area contributed by atoms with Gasteiger partial charge in [0.1, 0.15) is 5.75 Å². The summed E-state index contributed by atoms with van der Waals surface area (Å²) in [7, 11) is 0. The molecule has 98 valence electrons. The van der Waals surface area contributed by atoms with Gasteiger partial charge in [-0.3, -0.25) is 4.79 Å². The van der Waals surface area contributed by atoms with Crippen LogP contribution in [0.3, 0.4) is 0 Å². The number of anilines is 1.